The third-order valence-corrected chi connectivity index (χ3v) is 4.31. The van der Waals surface area contributed by atoms with Gasteiger partial charge >= 0.3 is 6.03 Å². The van der Waals surface area contributed by atoms with Crippen molar-refractivity contribution in [2.24, 2.45) is 5.92 Å². The molecule has 0 aromatic rings. The van der Waals surface area contributed by atoms with E-state index < -0.39 is 0 Å². The zero-order valence-corrected chi connectivity index (χ0v) is 11.7. The summed E-state index contributed by atoms with van der Waals surface area (Å²) in [6, 6.07) is 0.155. The number of carbonyl (C=O) groups is 1. The predicted octanol–water partition coefficient (Wildman–Crippen LogP) is 1.91. The molecule has 0 unspecified atom stereocenters. The second-order valence-electron chi connectivity index (χ2n) is 5.81. The Morgan fingerprint density at radius 3 is 2.44 bits per heavy atom. The predicted molar refractivity (Wildman–Crippen MR) is 73.7 cm³/mol. The third kappa shape index (κ3) is 4.16. The van der Waals surface area contributed by atoms with Crippen LogP contribution in [0.5, 0.6) is 0 Å². The molecule has 2 aliphatic heterocycles. The average molecular weight is 253 g/mol. The summed E-state index contributed by atoms with van der Waals surface area (Å²) in [5.41, 5.74) is 0. The molecule has 0 aliphatic carbocycles. The summed E-state index contributed by atoms with van der Waals surface area (Å²) < 4.78 is 0. The van der Waals surface area contributed by atoms with Crippen LogP contribution in [-0.4, -0.2) is 55.6 Å². The number of hydrogen-bond donors (Lipinski definition) is 1. The Labute approximate surface area is 111 Å². The van der Waals surface area contributed by atoms with E-state index in [4.69, 9.17) is 0 Å². The number of rotatable bonds is 3. The summed E-state index contributed by atoms with van der Waals surface area (Å²) >= 11 is 0. The van der Waals surface area contributed by atoms with Crippen LogP contribution in [0.4, 0.5) is 4.79 Å². The molecule has 0 bridgehead atoms. The van der Waals surface area contributed by atoms with E-state index in [0.717, 1.165) is 32.0 Å². The first-order chi connectivity index (χ1) is 8.75. The van der Waals surface area contributed by atoms with Crippen LogP contribution in [0.2, 0.25) is 0 Å². The van der Waals surface area contributed by atoms with Gasteiger partial charge in [-0.1, -0.05) is 0 Å². The van der Waals surface area contributed by atoms with Crippen molar-refractivity contribution in [2.45, 2.75) is 38.5 Å². The van der Waals surface area contributed by atoms with Crippen LogP contribution in [0.25, 0.3) is 0 Å². The van der Waals surface area contributed by atoms with Gasteiger partial charge in [-0.25, -0.2) is 4.79 Å². The number of hydrogen-bond acceptors (Lipinski definition) is 2. The van der Waals surface area contributed by atoms with E-state index in [1.165, 1.54) is 45.2 Å². The molecule has 4 nitrogen and oxygen atoms in total. The van der Waals surface area contributed by atoms with Crippen LogP contribution < -0.4 is 5.32 Å². The van der Waals surface area contributed by atoms with E-state index in [1.807, 2.05) is 4.90 Å². The fourth-order valence-electron chi connectivity index (χ4n) is 2.94. The Kier molecular flexibility index (Phi) is 5.29. The number of piperidine rings is 2. The zero-order valence-electron chi connectivity index (χ0n) is 11.7. The molecule has 0 spiro atoms. The van der Waals surface area contributed by atoms with Gasteiger partial charge in [0.1, 0.15) is 0 Å². The molecular formula is C14H27N3O. The smallest absolute Gasteiger partial charge is 0.317 e. The molecule has 0 radical (unpaired) electrons. The molecule has 2 saturated heterocycles. The molecule has 0 aromatic carbocycles. The highest BCUT2D eigenvalue weighted by atomic mass is 16.2. The zero-order chi connectivity index (χ0) is 12.8. The highest BCUT2D eigenvalue weighted by molar-refractivity contribution is 5.74. The van der Waals surface area contributed by atoms with Gasteiger partial charge in [0, 0.05) is 19.6 Å². The van der Waals surface area contributed by atoms with Crippen LogP contribution in [-0.2, 0) is 0 Å². The molecular weight excluding hydrogens is 226 g/mol. The van der Waals surface area contributed by atoms with Crippen molar-refractivity contribution in [1.82, 2.24) is 15.1 Å². The molecule has 1 N–H and O–H groups in total. The van der Waals surface area contributed by atoms with Crippen LogP contribution in [0, 0.1) is 5.92 Å². The van der Waals surface area contributed by atoms with E-state index in [-0.39, 0.29) is 6.03 Å². The minimum Gasteiger partial charge on any atom is -0.338 e. The standard InChI is InChI=1S/C14H27N3O/c1-16-11-6-13(7-12-16)5-8-15-14(18)17-9-3-2-4-10-17/h13H,2-12H2,1H3,(H,15,18). The number of nitrogens with one attached hydrogen (secondary N) is 1. The summed E-state index contributed by atoms with van der Waals surface area (Å²) in [5, 5.41) is 3.08. The molecule has 0 atom stereocenters. The van der Waals surface area contributed by atoms with Crippen LogP contribution >= 0.6 is 0 Å². The molecule has 18 heavy (non-hydrogen) atoms. The van der Waals surface area contributed by atoms with Crippen LogP contribution in [0.3, 0.4) is 0 Å². The van der Waals surface area contributed by atoms with E-state index in [1.54, 1.807) is 0 Å². The van der Waals surface area contributed by atoms with Gasteiger partial charge in [0.15, 0.2) is 0 Å². The summed E-state index contributed by atoms with van der Waals surface area (Å²) in [7, 11) is 2.19. The first kappa shape index (κ1) is 13.7. The largest absolute Gasteiger partial charge is 0.338 e. The van der Waals surface area contributed by atoms with Gasteiger partial charge in [0.25, 0.3) is 0 Å². The topological polar surface area (TPSA) is 35.6 Å². The van der Waals surface area contributed by atoms with Crippen LogP contribution in [0.1, 0.15) is 38.5 Å². The Morgan fingerprint density at radius 2 is 1.78 bits per heavy atom. The maximum Gasteiger partial charge on any atom is 0.317 e. The molecule has 0 saturated carbocycles. The van der Waals surface area contributed by atoms with Crippen molar-refractivity contribution < 1.29 is 4.79 Å². The van der Waals surface area contributed by atoms with Gasteiger partial charge in [0.05, 0.1) is 0 Å². The summed E-state index contributed by atoms with van der Waals surface area (Å²) in [6.07, 6.45) is 7.34. The number of carbonyl (C=O) groups excluding carboxylic acids is 1. The molecule has 2 heterocycles. The Balaban J connectivity index is 1.58. The Hall–Kier alpha value is -0.770. The first-order valence-electron chi connectivity index (χ1n) is 7.47. The van der Waals surface area contributed by atoms with E-state index in [9.17, 15) is 4.79 Å². The van der Waals surface area contributed by atoms with Crippen molar-refractivity contribution in [3.63, 3.8) is 0 Å². The number of amides is 2. The van der Waals surface area contributed by atoms with Crippen LogP contribution in [0.15, 0.2) is 0 Å². The van der Waals surface area contributed by atoms with Crippen molar-refractivity contribution >= 4 is 6.03 Å². The van der Waals surface area contributed by atoms with Crippen molar-refractivity contribution in [3.05, 3.63) is 0 Å². The second kappa shape index (κ2) is 6.98. The van der Waals surface area contributed by atoms with Gasteiger partial charge in [-0.3, -0.25) is 0 Å². The van der Waals surface area contributed by atoms with Gasteiger partial charge in [-0.2, -0.15) is 0 Å². The number of urea groups is 1. The summed E-state index contributed by atoms with van der Waals surface area (Å²) in [4.78, 5) is 16.3. The number of nitrogens with zero attached hydrogens (tertiary/aromatic N) is 2. The van der Waals surface area contributed by atoms with E-state index in [2.05, 4.69) is 17.3 Å². The lowest BCUT2D eigenvalue weighted by Crippen LogP contribution is -2.43. The molecule has 2 amide bonds. The molecule has 2 aliphatic rings. The lowest BCUT2D eigenvalue weighted by molar-refractivity contribution is 0.182. The summed E-state index contributed by atoms with van der Waals surface area (Å²) in [6.45, 7) is 5.17. The quantitative estimate of drug-likeness (QED) is 0.834. The van der Waals surface area contributed by atoms with E-state index in [0.29, 0.717) is 0 Å². The highest BCUT2D eigenvalue weighted by Crippen LogP contribution is 2.18. The SMILES string of the molecule is CN1CCC(CCNC(=O)N2CCCCC2)CC1. The molecule has 2 fully saturated rings. The van der Waals surface area contributed by atoms with Crippen molar-refractivity contribution in [1.29, 1.82) is 0 Å². The second-order valence-corrected chi connectivity index (χ2v) is 5.81. The highest BCUT2D eigenvalue weighted by Gasteiger charge is 2.18. The Morgan fingerprint density at radius 1 is 1.11 bits per heavy atom. The monoisotopic (exact) mass is 253 g/mol. The fraction of sp³-hybridized carbons (Fsp3) is 0.929. The van der Waals surface area contributed by atoms with Gasteiger partial charge in [-0.15, -0.1) is 0 Å². The third-order valence-electron chi connectivity index (χ3n) is 4.31. The Bertz CT molecular complexity index is 256. The average Bonchev–Trinajstić information content (AvgIpc) is 2.42. The van der Waals surface area contributed by atoms with Gasteiger partial charge < -0.3 is 15.1 Å². The lowest BCUT2D eigenvalue weighted by atomic mass is 9.94. The first-order valence-corrected chi connectivity index (χ1v) is 7.47. The molecule has 4 heteroatoms. The fourth-order valence-corrected chi connectivity index (χ4v) is 2.94. The molecule has 0 aromatic heterocycles. The minimum absolute atomic E-state index is 0.155. The van der Waals surface area contributed by atoms with Gasteiger partial charge in [-0.05, 0) is 64.6 Å². The molecule has 2 rings (SSSR count). The maximum atomic E-state index is 11.9. The van der Waals surface area contributed by atoms with Crippen molar-refractivity contribution in [2.75, 3.05) is 39.8 Å². The normalized spacial score (nSPS) is 23.1. The lowest BCUT2D eigenvalue weighted by Gasteiger charge is -2.30. The summed E-state index contributed by atoms with van der Waals surface area (Å²) in [5.74, 6) is 0.808. The van der Waals surface area contributed by atoms with E-state index >= 15 is 0 Å². The molecule has 104 valence electrons. The minimum atomic E-state index is 0.155. The maximum absolute atomic E-state index is 11.9. The van der Waals surface area contributed by atoms with Gasteiger partial charge in [0.2, 0.25) is 0 Å². The number of likely N-dealkylation sites (tertiary alicyclic amines) is 2. The van der Waals surface area contributed by atoms with Crippen molar-refractivity contribution in [3.8, 4) is 0 Å².